The van der Waals surface area contributed by atoms with E-state index in [-0.39, 0.29) is 11.3 Å². The summed E-state index contributed by atoms with van der Waals surface area (Å²) in [5, 5.41) is 3.08. The SMILES string of the molecule is O=C1NCC[C@]12CN(C[C@H]1CCOC1)C[C@H]2c1ccccc1. The van der Waals surface area contributed by atoms with Crippen LogP contribution in [0, 0.1) is 11.3 Å². The average Bonchev–Trinajstić information content (AvgIpc) is 3.25. The molecule has 3 saturated heterocycles. The summed E-state index contributed by atoms with van der Waals surface area (Å²) in [5.74, 6) is 1.21. The second-order valence-corrected chi connectivity index (χ2v) is 7.05. The summed E-state index contributed by atoms with van der Waals surface area (Å²) in [6.45, 7) is 5.56. The van der Waals surface area contributed by atoms with Gasteiger partial charge in [0.15, 0.2) is 0 Å². The number of likely N-dealkylation sites (tertiary alicyclic amines) is 1. The van der Waals surface area contributed by atoms with E-state index in [1.165, 1.54) is 5.56 Å². The number of amides is 1. The highest BCUT2D eigenvalue weighted by Crippen LogP contribution is 2.47. The molecule has 4 nitrogen and oxygen atoms in total. The van der Waals surface area contributed by atoms with Crippen LogP contribution in [-0.2, 0) is 9.53 Å². The number of hydrogen-bond donors (Lipinski definition) is 1. The van der Waals surface area contributed by atoms with Gasteiger partial charge in [-0.25, -0.2) is 0 Å². The van der Waals surface area contributed by atoms with E-state index in [4.69, 9.17) is 4.74 Å². The van der Waals surface area contributed by atoms with Crippen molar-refractivity contribution in [2.45, 2.75) is 18.8 Å². The molecule has 1 N–H and O–H groups in total. The van der Waals surface area contributed by atoms with Crippen molar-refractivity contribution >= 4 is 5.91 Å². The maximum Gasteiger partial charge on any atom is 0.228 e. The third-order valence-corrected chi connectivity index (χ3v) is 5.66. The number of rotatable bonds is 3. The van der Waals surface area contributed by atoms with Crippen LogP contribution in [0.25, 0.3) is 0 Å². The van der Waals surface area contributed by atoms with Crippen LogP contribution >= 0.6 is 0 Å². The van der Waals surface area contributed by atoms with Gasteiger partial charge in [-0.15, -0.1) is 0 Å². The van der Waals surface area contributed by atoms with Gasteiger partial charge in [0.2, 0.25) is 5.91 Å². The van der Waals surface area contributed by atoms with Crippen LogP contribution in [0.2, 0.25) is 0 Å². The molecule has 0 bridgehead atoms. The molecule has 0 aromatic heterocycles. The van der Waals surface area contributed by atoms with E-state index < -0.39 is 0 Å². The van der Waals surface area contributed by atoms with Gasteiger partial charge < -0.3 is 15.0 Å². The molecule has 3 fully saturated rings. The first kappa shape index (κ1) is 14.2. The van der Waals surface area contributed by atoms with E-state index in [1.54, 1.807) is 0 Å². The van der Waals surface area contributed by atoms with Gasteiger partial charge in [0, 0.05) is 38.7 Å². The first-order valence-corrected chi connectivity index (χ1v) is 8.41. The zero-order chi connectivity index (χ0) is 15.0. The minimum Gasteiger partial charge on any atom is -0.381 e. The number of nitrogens with one attached hydrogen (secondary N) is 1. The van der Waals surface area contributed by atoms with Crippen LogP contribution in [0.15, 0.2) is 30.3 Å². The Bertz CT molecular complexity index is 541. The van der Waals surface area contributed by atoms with Crippen molar-refractivity contribution in [3.05, 3.63) is 35.9 Å². The minimum atomic E-state index is -0.221. The van der Waals surface area contributed by atoms with Crippen molar-refractivity contribution in [2.75, 3.05) is 39.4 Å². The van der Waals surface area contributed by atoms with Crippen LogP contribution in [0.5, 0.6) is 0 Å². The number of nitrogens with zero attached hydrogens (tertiary/aromatic N) is 1. The highest BCUT2D eigenvalue weighted by Gasteiger charge is 2.54. The first-order valence-electron chi connectivity index (χ1n) is 8.41. The summed E-state index contributed by atoms with van der Waals surface area (Å²) in [5.41, 5.74) is 1.09. The molecule has 0 aliphatic carbocycles. The van der Waals surface area contributed by atoms with Gasteiger partial charge in [-0.3, -0.25) is 4.79 Å². The topological polar surface area (TPSA) is 41.6 Å². The maximum absolute atomic E-state index is 12.6. The first-order chi connectivity index (χ1) is 10.8. The predicted molar refractivity (Wildman–Crippen MR) is 84.6 cm³/mol. The van der Waals surface area contributed by atoms with Crippen molar-refractivity contribution in [2.24, 2.45) is 11.3 Å². The molecule has 1 spiro atoms. The monoisotopic (exact) mass is 300 g/mol. The van der Waals surface area contributed by atoms with E-state index in [9.17, 15) is 4.79 Å². The molecule has 4 heteroatoms. The molecule has 118 valence electrons. The Morgan fingerprint density at radius 2 is 2.18 bits per heavy atom. The van der Waals surface area contributed by atoms with Crippen LogP contribution in [0.3, 0.4) is 0 Å². The lowest BCUT2D eigenvalue weighted by Gasteiger charge is -2.27. The van der Waals surface area contributed by atoms with E-state index in [2.05, 4.69) is 34.5 Å². The molecule has 3 aliphatic rings. The Morgan fingerprint density at radius 1 is 1.32 bits per heavy atom. The Hall–Kier alpha value is -1.39. The molecule has 4 rings (SSSR count). The predicted octanol–water partition coefficient (Wildman–Crippen LogP) is 1.63. The van der Waals surface area contributed by atoms with Gasteiger partial charge in [-0.05, 0) is 24.3 Å². The molecule has 3 heterocycles. The van der Waals surface area contributed by atoms with Crippen molar-refractivity contribution < 1.29 is 9.53 Å². The fourth-order valence-corrected chi connectivity index (χ4v) is 4.52. The molecule has 22 heavy (non-hydrogen) atoms. The highest BCUT2D eigenvalue weighted by atomic mass is 16.5. The largest absolute Gasteiger partial charge is 0.381 e. The van der Waals surface area contributed by atoms with Crippen molar-refractivity contribution in [3.8, 4) is 0 Å². The Kier molecular flexibility index (Phi) is 3.66. The van der Waals surface area contributed by atoms with Crippen LogP contribution in [0.1, 0.15) is 24.3 Å². The summed E-state index contributed by atoms with van der Waals surface area (Å²) in [4.78, 5) is 15.1. The van der Waals surface area contributed by atoms with E-state index in [0.717, 1.165) is 52.2 Å². The van der Waals surface area contributed by atoms with Gasteiger partial charge in [-0.1, -0.05) is 30.3 Å². The standard InChI is InChI=1S/C18H24N2O2/c21-17-18(7-8-19-17)13-20(10-14-6-9-22-12-14)11-16(18)15-4-2-1-3-5-15/h1-5,14,16H,6-13H2,(H,19,21)/t14-,16+,18-/m1/s1. The number of carbonyl (C=O) groups excluding carboxylic acids is 1. The van der Waals surface area contributed by atoms with E-state index in [0.29, 0.717) is 11.8 Å². The molecule has 0 saturated carbocycles. The van der Waals surface area contributed by atoms with Crippen molar-refractivity contribution in [1.82, 2.24) is 10.2 Å². The summed E-state index contributed by atoms with van der Waals surface area (Å²) in [6.07, 6.45) is 2.12. The second-order valence-electron chi connectivity index (χ2n) is 7.05. The van der Waals surface area contributed by atoms with Crippen molar-refractivity contribution in [3.63, 3.8) is 0 Å². The summed E-state index contributed by atoms with van der Waals surface area (Å²) >= 11 is 0. The molecule has 3 atom stereocenters. The van der Waals surface area contributed by atoms with E-state index >= 15 is 0 Å². The lowest BCUT2D eigenvalue weighted by molar-refractivity contribution is -0.127. The van der Waals surface area contributed by atoms with Crippen molar-refractivity contribution in [1.29, 1.82) is 0 Å². The summed E-state index contributed by atoms with van der Waals surface area (Å²) < 4.78 is 5.51. The zero-order valence-electron chi connectivity index (χ0n) is 13.0. The van der Waals surface area contributed by atoms with Gasteiger partial charge in [-0.2, -0.15) is 0 Å². The quantitative estimate of drug-likeness (QED) is 0.922. The highest BCUT2D eigenvalue weighted by molar-refractivity contribution is 5.86. The smallest absolute Gasteiger partial charge is 0.228 e. The Labute approximate surface area is 131 Å². The van der Waals surface area contributed by atoms with E-state index in [1.807, 2.05) is 6.07 Å². The fourth-order valence-electron chi connectivity index (χ4n) is 4.52. The molecule has 0 unspecified atom stereocenters. The van der Waals surface area contributed by atoms with Gasteiger partial charge >= 0.3 is 0 Å². The normalized spacial score (nSPS) is 35.4. The summed E-state index contributed by atoms with van der Waals surface area (Å²) in [6, 6.07) is 10.6. The fraction of sp³-hybridized carbons (Fsp3) is 0.611. The van der Waals surface area contributed by atoms with Gasteiger partial charge in [0.05, 0.1) is 12.0 Å². The summed E-state index contributed by atoms with van der Waals surface area (Å²) in [7, 11) is 0. The number of carbonyl (C=O) groups is 1. The number of hydrogen-bond acceptors (Lipinski definition) is 3. The van der Waals surface area contributed by atoms with Crippen LogP contribution in [0.4, 0.5) is 0 Å². The number of ether oxygens (including phenoxy) is 1. The molecular formula is C18H24N2O2. The molecule has 3 aliphatic heterocycles. The zero-order valence-corrected chi connectivity index (χ0v) is 13.0. The third kappa shape index (κ3) is 2.34. The van der Waals surface area contributed by atoms with Crippen LogP contribution < -0.4 is 5.32 Å². The van der Waals surface area contributed by atoms with Gasteiger partial charge in [0.1, 0.15) is 0 Å². The molecule has 1 aromatic rings. The van der Waals surface area contributed by atoms with Crippen LogP contribution in [-0.4, -0.2) is 50.2 Å². The lowest BCUT2D eigenvalue weighted by Crippen LogP contribution is -2.38. The van der Waals surface area contributed by atoms with Gasteiger partial charge in [0.25, 0.3) is 0 Å². The Morgan fingerprint density at radius 3 is 2.86 bits per heavy atom. The number of benzene rings is 1. The maximum atomic E-state index is 12.6. The lowest BCUT2D eigenvalue weighted by atomic mass is 9.73. The molecule has 0 radical (unpaired) electrons. The minimum absolute atomic E-state index is 0.221. The molecule has 1 amide bonds. The Balaban J connectivity index is 1.58. The average molecular weight is 300 g/mol. The molecular weight excluding hydrogens is 276 g/mol. The second kappa shape index (κ2) is 5.67. The molecule has 1 aromatic carbocycles. The third-order valence-electron chi connectivity index (χ3n) is 5.66.